The van der Waals surface area contributed by atoms with Gasteiger partial charge in [-0.15, -0.1) is 4.31 Å². The third kappa shape index (κ3) is 3.06. The van der Waals surface area contributed by atoms with Gasteiger partial charge < -0.3 is 0 Å². The zero-order chi connectivity index (χ0) is 19.2. The van der Waals surface area contributed by atoms with E-state index in [9.17, 15) is 18.0 Å². The molecule has 1 aliphatic rings. The van der Waals surface area contributed by atoms with Crippen molar-refractivity contribution in [2.24, 2.45) is 0 Å². The first-order chi connectivity index (χ1) is 12.1. The number of benzene rings is 2. The standard InChI is InChI=1S/C17H14Cl2N2O4S/c1-10-3-4-12(7-11(10)2)20-9-16(22)21(17(20)23)26(24,25)13-5-6-14(18)15(19)8-13/h3-8H,9H2,1-2H3. The van der Waals surface area contributed by atoms with Crippen LogP contribution in [0.1, 0.15) is 11.1 Å². The van der Waals surface area contributed by atoms with Gasteiger partial charge in [0.1, 0.15) is 6.54 Å². The lowest BCUT2D eigenvalue weighted by Gasteiger charge is -2.18. The van der Waals surface area contributed by atoms with E-state index in [1.165, 1.54) is 12.1 Å². The summed E-state index contributed by atoms with van der Waals surface area (Å²) in [7, 11) is -4.39. The summed E-state index contributed by atoms with van der Waals surface area (Å²) in [5.41, 5.74) is 2.40. The Hall–Kier alpha value is -2.09. The van der Waals surface area contributed by atoms with Crippen LogP contribution in [0.3, 0.4) is 0 Å². The quantitative estimate of drug-likeness (QED) is 0.718. The van der Waals surface area contributed by atoms with Gasteiger partial charge >= 0.3 is 6.03 Å². The lowest BCUT2D eigenvalue weighted by molar-refractivity contribution is -0.121. The van der Waals surface area contributed by atoms with Crippen molar-refractivity contribution in [2.75, 3.05) is 11.4 Å². The fraction of sp³-hybridized carbons (Fsp3) is 0.176. The van der Waals surface area contributed by atoms with E-state index in [1.54, 1.807) is 18.2 Å². The van der Waals surface area contributed by atoms with Gasteiger partial charge in [0.05, 0.1) is 14.9 Å². The Balaban J connectivity index is 2.00. The number of halogens is 2. The number of hydrogen-bond donors (Lipinski definition) is 0. The molecule has 3 rings (SSSR count). The van der Waals surface area contributed by atoms with Gasteiger partial charge in [0.2, 0.25) is 0 Å². The van der Waals surface area contributed by atoms with Crippen LogP contribution in [0.5, 0.6) is 0 Å². The minimum absolute atomic E-state index is 0.0119. The average molecular weight is 413 g/mol. The number of carbonyl (C=O) groups excluding carboxylic acids is 2. The highest BCUT2D eigenvalue weighted by atomic mass is 35.5. The third-order valence-electron chi connectivity index (χ3n) is 4.16. The van der Waals surface area contributed by atoms with E-state index in [0.717, 1.165) is 22.1 Å². The third-order valence-corrected chi connectivity index (χ3v) is 6.59. The smallest absolute Gasteiger partial charge is 0.284 e. The molecule has 136 valence electrons. The van der Waals surface area contributed by atoms with Gasteiger partial charge in [0.15, 0.2) is 0 Å². The topological polar surface area (TPSA) is 74.8 Å². The molecule has 1 aliphatic heterocycles. The van der Waals surface area contributed by atoms with E-state index >= 15 is 0 Å². The van der Waals surface area contributed by atoms with E-state index in [4.69, 9.17) is 23.2 Å². The van der Waals surface area contributed by atoms with Crippen LogP contribution in [0.4, 0.5) is 10.5 Å². The molecule has 0 radical (unpaired) electrons. The number of nitrogens with zero attached hydrogens (tertiary/aromatic N) is 2. The predicted octanol–water partition coefficient (Wildman–Crippen LogP) is 3.77. The molecule has 0 aromatic heterocycles. The molecule has 2 aromatic rings. The maximum Gasteiger partial charge on any atom is 0.346 e. The minimum Gasteiger partial charge on any atom is -0.284 e. The largest absolute Gasteiger partial charge is 0.346 e. The monoisotopic (exact) mass is 412 g/mol. The van der Waals surface area contributed by atoms with Gasteiger partial charge in [-0.1, -0.05) is 29.3 Å². The second-order valence-corrected chi connectivity index (χ2v) is 8.48. The molecule has 26 heavy (non-hydrogen) atoms. The fourth-order valence-electron chi connectivity index (χ4n) is 2.56. The lowest BCUT2D eigenvalue weighted by atomic mass is 10.1. The molecule has 1 heterocycles. The van der Waals surface area contributed by atoms with Crippen molar-refractivity contribution in [3.05, 3.63) is 57.6 Å². The first-order valence-corrected chi connectivity index (χ1v) is 9.74. The average Bonchev–Trinajstić information content (AvgIpc) is 2.87. The van der Waals surface area contributed by atoms with E-state index in [-0.39, 0.29) is 25.8 Å². The summed E-state index contributed by atoms with van der Waals surface area (Å²) in [6.45, 7) is 3.42. The molecule has 3 amide bonds. The molecule has 1 saturated heterocycles. The van der Waals surface area contributed by atoms with Crippen LogP contribution >= 0.6 is 23.2 Å². The Morgan fingerprint density at radius 3 is 2.23 bits per heavy atom. The molecule has 9 heteroatoms. The molecule has 0 bridgehead atoms. The van der Waals surface area contributed by atoms with E-state index in [2.05, 4.69) is 0 Å². The summed E-state index contributed by atoms with van der Waals surface area (Å²) >= 11 is 11.7. The number of imide groups is 1. The van der Waals surface area contributed by atoms with E-state index in [1.807, 2.05) is 13.8 Å². The highest BCUT2D eigenvalue weighted by Gasteiger charge is 2.45. The van der Waals surface area contributed by atoms with Gasteiger partial charge in [0, 0.05) is 5.69 Å². The lowest BCUT2D eigenvalue weighted by Crippen LogP contribution is -2.38. The van der Waals surface area contributed by atoms with Crippen molar-refractivity contribution in [1.82, 2.24) is 4.31 Å². The van der Waals surface area contributed by atoms with Crippen LogP contribution in [-0.4, -0.2) is 31.2 Å². The maximum absolute atomic E-state index is 12.8. The summed E-state index contributed by atoms with van der Waals surface area (Å²) in [4.78, 5) is 25.8. The number of urea groups is 1. The Bertz CT molecular complexity index is 1040. The molecular weight excluding hydrogens is 399 g/mol. The number of aryl methyl sites for hydroxylation is 2. The van der Waals surface area contributed by atoms with Gasteiger partial charge in [-0.3, -0.25) is 9.69 Å². The highest BCUT2D eigenvalue weighted by Crippen LogP contribution is 2.30. The van der Waals surface area contributed by atoms with Crippen LogP contribution in [-0.2, 0) is 14.8 Å². The maximum atomic E-state index is 12.8. The molecule has 1 fully saturated rings. The van der Waals surface area contributed by atoms with Crippen LogP contribution in [0.15, 0.2) is 41.3 Å². The number of hydrogen-bond acceptors (Lipinski definition) is 4. The van der Waals surface area contributed by atoms with Gasteiger partial charge in [0.25, 0.3) is 15.9 Å². The minimum atomic E-state index is -4.39. The first kappa shape index (κ1) is 18.7. The molecule has 0 saturated carbocycles. The predicted molar refractivity (Wildman–Crippen MR) is 99.2 cm³/mol. The number of carbonyl (C=O) groups is 2. The molecule has 0 spiro atoms. The van der Waals surface area contributed by atoms with Gasteiger partial charge in [-0.05, 0) is 55.3 Å². The van der Waals surface area contributed by atoms with Crippen molar-refractivity contribution >= 4 is 50.9 Å². The van der Waals surface area contributed by atoms with Crippen molar-refractivity contribution in [3.8, 4) is 0 Å². The van der Waals surface area contributed by atoms with Crippen molar-refractivity contribution < 1.29 is 18.0 Å². The number of amides is 3. The molecule has 0 unspecified atom stereocenters. The summed E-state index contributed by atoms with van der Waals surface area (Å²) < 4.78 is 25.8. The summed E-state index contributed by atoms with van der Waals surface area (Å²) in [6, 6.07) is 7.88. The molecule has 6 nitrogen and oxygen atoms in total. The van der Waals surface area contributed by atoms with Crippen LogP contribution in [0, 0.1) is 13.8 Å². The van der Waals surface area contributed by atoms with Crippen molar-refractivity contribution in [1.29, 1.82) is 0 Å². The molecule has 0 N–H and O–H groups in total. The first-order valence-electron chi connectivity index (χ1n) is 7.55. The molecule has 0 atom stereocenters. The van der Waals surface area contributed by atoms with Crippen LogP contribution in [0.25, 0.3) is 0 Å². The second kappa shape index (κ2) is 6.57. The summed E-state index contributed by atoms with van der Waals surface area (Å²) in [6.07, 6.45) is 0. The summed E-state index contributed by atoms with van der Waals surface area (Å²) in [5.74, 6) is -0.834. The van der Waals surface area contributed by atoms with Gasteiger partial charge in [-0.2, -0.15) is 0 Å². The molecule has 0 aliphatic carbocycles. The SMILES string of the molecule is Cc1ccc(N2CC(=O)N(S(=O)(=O)c3ccc(Cl)c(Cl)c3)C2=O)cc1C. The Kier molecular flexibility index (Phi) is 4.72. The molecular formula is C17H14Cl2N2O4S. The van der Waals surface area contributed by atoms with Crippen LogP contribution < -0.4 is 4.90 Å². The normalized spacial score (nSPS) is 15.1. The number of rotatable bonds is 3. The fourth-order valence-corrected chi connectivity index (χ4v) is 4.27. The van der Waals surface area contributed by atoms with E-state index in [0.29, 0.717) is 5.69 Å². The van der Waals surface area contributed by atoms with E-state index < -0.39 is 22.0 Å². The number of sulfonamides is 1. The van der Waals surface area contributed by atoms with Crippen LogP contribution in [0.2, 0.25) is 10.0 Å². The Morgan fingerprint density at radius 2 is 1.62 bits per heavy atom. The van der Waals surface area contributed by atoms with Gasteiger partial charge in [-0.25, -0.2) is 13.2 Å². The van der Waals surface area contributed by atoms with Crippen molar-refractivity contribution in [2.45, 2.75) is 18.7 Å². The second-order valence-electron chi connectivity index (χ2n) is 5.88. The summed E-state index contributed by atoms with van der Waals surface area (Å²) in [5, 5.41) is 0.180. The Labute approximate surface area is 161 Å². The zero-order valence-electron chi connectivity index (χ0n) is 13.9. The van der Waals surface area contributed by atoms with Crippen molar-refractivity contribution in [3.63, 3.8) is 0 Å². The zero-order valence-corrected chi connectivity index (χ0v) is 16.2. The highest BCUT2D eigenvalue weighted by molar-refractivity contribution is 7.90. The molecule has 2 aromatic carbocycles. The number of anilines is 1. The Morgan fingerprint density at radius 1 is 0.923 bits per heavy atom.